The van der Waals surface area contributed by atoms with Crippen molar-refractivity contribution in [1.29, 1.82) is 0 Å². The Hall–Kier alpha value is -1.88. The van der Waals surface area contributed by atoms with Crippen LogP contribution in [0.4, 0.5) is 5.82 Å². The van der Waals surface area contributed by atoms with Crippen molar-refractivity contribution in [1.82, 2.24) is 9.88 Å². The van der Waals surface area contributed by atoms with Gasteiger partial charge in [0.05, 0.1) is 0 Å². The van der Waals surface area contributed by atoms with Crippen LogP contribution >= 0.6 is 0 Å². The number of carboxylic acid groups (broad SMARTS) is 1. The molecule has 0 bridgehead atoms. The van der Waals surface area contributed by atoms with Gasteiger partial charge in [0, 0.05) is 31.4 Å². The zero-order chi connectivity index (χ0) is 14.5. The summed E-state index contributed by atoms with van der Waals surface area (Å²) in [5.74, 6) is 0.0125. The summed E-state index contributed by atoms with van der Waals surface area (Å²) in [5.41, 5.74) is 0.802. The molecule has 1 unspecified atom stereocenters. The minimum absolute atomic E-state index is 0.426. The molecule has 1 saturated heterocycles. The van der Waals surface area contributed by atoms with Crippen LogP contribution in [0.15, 0.2) is 24.4 Å². The SMILES string of the molecule is CC1CN(C)CCCN1c1ccc(/C=C/C(=O)O)cn1. The summed E-state index contributed by atoms with van der Waals surface area (Å²) in [4.78, 5) is 19.6. The highest BCUT2D eigenvalue weighted by Gasteiger charge is 2.20. The summed E-state index contributed by atoms with van der Waals surface area (Å²) in [6.45, 7) is 5.35. The molecule has 0 aromatic carbocycles. The van der Waals surface area contributed by atoms with Gasteiger partial charge in [-0.05, 0) is 50.7 Å². The Labute approximate surface area is 119 Å². The van der Waals surface area contributed by atoms with E-state index in [1.54, 1.807) is 12.3 Å². The molecule has 0 amide bonds. The van der Waals surface area contributed by atoms with Gasteiger partial charge >= 0.3 is 5.97 Å². The zero-order valence-electron chi connectivity index (χ0n) is 12.0. The van der Waals surface area contributed by atoms with E-state index in [2.05, 4.69) is 28.8 Å². The van der Waals surface area contributed by atoms with E-state index in [9.17, 15) is 4.79 Å². The second kappa shape index (κ2) is 6.52. The van der Waals surface area contributed by atoms with Gasteiger partial charge < -0.3 is 14.9 Å². The van der Waals surface area contributed by atoms with Crippen LogP contribution in [0.25, 0.3) is 6.08 Å². The molecular weight excluding hydrogens is 254 g/mol. The third-order valence-corrected chi connectivity index (χ3v) is 3.53. The molecule has 5 nitrogen and oxygen atoms in total. The number of rotatable bonds is 3. The number of carbonyl (C=O) groups is 1. The van der Waals surface area contributed by atoms with Crippen LogP contribution in [-0.2, 0) is 4.79 Å². The number of nitrogens with zero attached hydrogens (tertiary/aromatic N) is 3. The topological polar surface area (TPSA) is 56.7 Å². The molecule has 2 heterocycles. The summed E-state index contributed by atoms with van der Waals surface area (Å²) in [7, 11) is 2.15. The van der Waals surface area contributed by atoms with Crippen molar-refractivity contribution in [3.8, 4) is 0 Å². The highest BCUT2D eigenvalue weighted by atomic mass is 16.4. The Balaban J connectivity index is 2.10. The largest absolute Gasteiger partial charge is 0.478 e. The molecule has 1 fully saturated rings. The molecule has 0 aliphatic carbocycles. The van der Waals surface area contributed by atoms with E-state index in [4.69, 9.17) is 5.11 Å². The second-order valence-electron chi connectivity index (χ2n) is 5.28. The number of aromatic nitrogens is 1. The van der Waals surface area contributed by atoms with Crippen molar-refractivity contribution in [3.05, 3.63) is 30.0 Å². The number of anilines is 1. The molecule has 1 N–H and O–H groups in total. The molecule has 0 saturated carbocycles. The van der Waals surface area contributed by atoms with Crippen LogP contribution in [0.2, 0.25) is 0 Å². The van der Waals surface area contributed by atoms with Crippen molar-refractivity contribution in [3.63, 3.8) is 0 Å². The molecule has 1 aromatic heterocycles. The van der Waals surface area contributed by atoms with Crippen molar-refractivity contribution < 1.29 is 9.90 Å². The van der Waals surface area contributed by atoms with Gasteiger partial charge in [0.2, 0.25) is 0 Å². The third kappa shape index (κ3) is 3.81. The molecular formula is C15H21N3O2. The third-order valence-electron chi connectivity index (χ3n) is 3.53. The smallest absolute Gasteiger partial charge is 0.328 e. The average molecular weight is 275 g/mol. The molecule has 20 heavy (non-hydrogen) atoms. The molecule has 5 heteroatoms. The molecule has 0 radical (unpaired) electrons. The number of likely N-dealkylation sites (N-methyl/N-ethyl adjacent to an activating group) is 1. The molecule has 108 valence electrons. The van der Waals surface area contributed by atoms with Gasteiger partial charge in [-0.1, -0.05) is 0 Å². The number of hydrogen-bond donors (Lipinski definition) is 1. The fourth-order valence-electron chi connectivity index (χ4n) is 2.55. The van der Waals surface area contributed by atoms with E-state index in [1.165, 1.54) is 0 Å². The lowest BCUT2D eigenvalue weighted by molar-refractivity contribution is -0.131. The monoisotopic (exact) mass is 275 g/mol. The van der Waals surface area contributed by atoms with Gasteiger partial charge in [-0.15, -0.1) is 0 Å². The Morgan fingerprint density at radius 2 is 2.25 bits per heavy atom. The van der Waals surface area contributed by atoms with E-state index >= 15 is 0 Å². The first-order chi connectivity index (χ1) is 9.56. The average Bonchev–Trinajstić information content (AvgIpc) is 2.58. The van der Waals surface area contributed by atoms with Crippen LogP contribution in [0.3, 0.4) is 0 Å². The summed E-state index contributed by atoms with van der Waals surface area (Å²) in [5, 5.41) is 8.60. The highest BCUT2D eigenvalue weighted by Crippen LogP contribution is 2.18. The summed E-state index contributed by atoms with van der Waals surface area (Å²) in [6.07, 6.45) is 5.53. The van der Waals surface area contributed by atoms with E-state index in [-0.39, 0.29) is 0 Å². The maximum Gasteiger partial charge on any atom is 0.328 e. The number of aliphatic carboxylic acids is 1. The van der Waals surface area contributed by atoms with E-state index in [0.717, 1.165) is 43.5 Å². The molecule has 0 spiro atoms. The Morgan fingerprint density at radius 3 is 2.90 bits per heavy atom. The van der Waals surface area contributed by atoms with Crippen LogP contribution < -0.4 is 4.90 Å². The zero-order valence-corrected chi connectivity index (χ0v) is 12.0. The molecule has 1 atom stereocenters. The maximum atomic E-state index is 10.5. The molecule has 1 aromatic rings. The van der Waals surface area contributed by atoms with Crippen molar-refractivity contribution in [2.24, 2.45) is 0 Å². The normalized spacial score (nSPS) is 21.1. The highest BCUT2D eigenvalue weighted by molar-refractivity contribution is 5.85. The Morgan fingerprint density at radius 1 is 1.45 bits per heavy atom. The minimum atomic E-state index is -0.946. The van der Waals surface area contributed by atoms with Gasteiger partial charge in [-0.3, -0.25) is 0 Å². The number of carboxylic acids is 1. The molecule has 1 aliphatic heterocycles. The van der Waals surface area contributed by atoms with Crippen LogP contribution in [0.5, 0.6) is 0 Å². The summed E-state index contributed by atoms with van der Waals surface area (Å²) in [6, 6.07) is 4.29. The predicted molar refractivity (Wildman–Crippen MR) is 79.8 cm³/mol. The van der Waals surface area contributed by atoms with Gasteiger partial charge in [0.15, 0.2) is 0 Å². The maximum absolute atomic E-state index is 10.5. The van der Waals surface area contributed by atoms with Gasteiger partial charge in [0.1, 0.15) is 5.82 Å². The quantitative estimate of drug-likeness (QED) is 0.851. The van der Waals surface area contributed by atoms with Crippen molar-refractivity contribution >= 4 is 17.9 Å². The predicted octanol–water partition coefficient (Wildman–Crippen LogP) is 1.71. The Bertz CT molecular complexity index is 484. The van der Waals surface area contributed by atoms with E-state index in [0.29, 0.717) is 6.04 Å². The number of pyridine rings is 1. The first kappa shape index (κ1) is 14.5. The second-order valence-corrected chi connectivity index (χ2v) is 5.28. The molecule has 2 rings (SSSR count). The standard InChI is InChI=1S/C15H21N3O2/c1-12-11-17(2)8-3-9-18(12)14-6-4-13(10-16-14)5-7-15(19)20/h4-7,10,12H,3,8-9,11H2,1-2H3,(H,19,20)/b7-5+. The fourth-order valence-corrected chi connectivity index (χ4v) is 2.55. The summed E-state index contributed by atoms with van der Waals surface area (Å²) >= 11 is 0. The van der Waals surface area contributed by atoms with Gasteiger partial charge in [0.25, 0.3) is 0 Å². The first-order valence-corrected chi connectivity index (χ1v) is 6.88. The van der Waals surface area contributed by atoms with Crippen LogP contribution in [-0.4, -0.2) is 53.7 Å². The molecule has 1 aliphatic rings. The lowest BCUT2D eigenvalue weighted by Crippen LogP contribution is -2.38. The van der Waals surface area contributed by atoms with E-state index in [1.807, 2.05) is 12.1 Å². The Kier molecular flexibility index (Phi) is 4.74. The summed E-state index contributed by atoms with van der Waals surface area (Å²) < 4.78 is 0. The van der Waals surface area contributed by atoms with Crippen molar-refractivity contribution in [2.75, 3.05) is 31.6 Å². The van der Waals surface area contributed by atoms with Crippen LogP contribution in [0.1, 0.15) is 18.9 Å². The fraction of sp³-hybridized carbons (Fsp3) is 0.467. The van der Waals surface area contributed by atoms with Gasteiger partial charge in [-0.25, -0.2) is 9.78 Å². The minimum Gasteiger partial charge on any atom is -0.478 e. The van der Waals surface area contributed by atoms with Crippen molar-refractivity contribution in [2.45, 2.75) is 19.4 Å². The first-order valence-electron chi connectivity index (χ1n) is 6.88. The lowest BCUT2D eigenvalue weighted by Gasteiger charge is -2.29. The van der Waals surface area contributed by atoms with E-state index < -0.39 is 5.97 Å². The van der Waals surface area contributed by atoms with Gasteiger partial charge in [-0.2, -0.15) is 0 Å². The lowest BCUT2D eigenvalue weighted by atomic mass is 10.2. The number of hydrogen-bond acceptors (Lipinski definition) is 4. The van der Waals surface area contributed by atoms with Crippen LogP contribution in [0, 0.1) is 0 Å².